The zero-order chi connectivity index (χ0) is 18.4. The van der Waals surface area contributed by atoms with Gasteiger partial charge >= 0.3 is 0 Å². The maximum atomic E-state index is 12.9. The van der Waals surface area contributed by atoms with Crippen molar-refractivity contribution >= 4 is 11.8 Å². The molecule has 0 spiro atoms. The van der Waals surface area contributed by atoms with Crippen LogP contribution in [0.3, 0.4) is 0 Å². The molecule has 2 heterocycles. The van der Waals surface area contributed by atoms with E-state index < -0.39 is 0 Å². The van der Waals surface area contributed by atoms with Crippen LogP contribution >= 0.6 is 0 Å². The topological polar surface area (TPSA) is 58.6 Å². The summed E-state index contributed by atoms with van der Waals surface area (Å²) in [6.07, 6.45) is 3.74. The van der Waals surface area contributed by atoms with Crippen LogP contribution in [0, 0.1) is 17.7 Å². The number of ether oxygens (including phenoxy) is 1. The Morgan fingerprint density at radius 3 is 2.35 bits per heavy atom. The van der Waals surface area contributed by atoms with Crippen LogP contribution in [0.4, 0.5) is 4.39 Å². The fourth-order valence-corrected chi connectivity index (χ4v) is 3.69. The number of likely N-dealkylation sites (tertiary alicyclic amines) is 1. The highest BCUT2D eigenvalue weighted by molar-refractivity contribution is 5.81. The molecule has 0 saturated carbocycles. The van der Waals surface area contributed by atoms with Gasteiger partial charge in [0.15, 0.2) is 0 Å². The number of hydrogen-bond acceptors (Lipinski definition) is 3. The molecule has 0 aromatic heterocycles. The van der Waals surface area contributed by atoms with Gasteiger partial charge in [-0.25, -0.2) is 4.39 Å². The molecule has 0 bridgehead atoms. The molecule has 2 aliphatic rings. The van der Waals surface area contributed by atoms with Gasteiger partial charge in [0.2, 0.25) is 11.8 Å². The second-order valence-corrected chi connectivity index (χ2v) is 7.15. The number of hydrogen-bond donors (Lipinski definition) is 1. The lowest BCUT2D eigenvalue weighted by molar-refractivity contribution is -0.141. The van der Waals surface area contributed by atoms with Gasteiger partial charge in [0, 0.05) is 44.7 Å². The molecule has 1 N–H and O–H groups in total. The first kappa shape index (κ1) is 18.8. The van der Waals surface area contributed by atoms with Crippen LogP contribution < -0.4 is 5.32 Å². The Morgan fingerprint density at radius 2 is 1.69 bits per heavy atom. The number of benzene rings is 1. The van der Waals surface area contributed by atoms with E-state index in [0.717, 1.165) is 31.2 Å². The Bertz CT molecular complexity index is 606. The van der Waals surface area contributed by atoms with E-state index in [1.54, 1.807) is 12.1 Å². The quantitative estimate of drug-likeness (QED) is 0.873. The second-order valence-electron chi connectivity index (χ2n) is 7.15. The molecule has 6 heteroatoms. The first-order valence-corrected chi connectivity index (χ1v) is 9.52. The Labute approximate surface area is 153 Å². The molecule has 2 fully saturated rings. The molecule has 2 saturated heterocycles. The van der Waals surface area contributed by atoms with E-state index in [4.69, 9.17) is 4.74 Å². The summed E-state index contributed by atoms with van der Waals surface area (Å²) in [4.78, 5) is 26.8. The van der Waals surface area contributed by atoms with Gasteiger partial charge in [-0.2, -0.15) is 0 Å². The molecule has 26 heavy (non-hydrogen) atoms. The van der Waals surface area contributed by atoms with Gasteiger partial charge in [0.05, 0.1) is 0 Å². The summed E-state index contributed by atoms with van der Waals surface area (Å²) in [5.41, 5.74) is 1.00. The highest BCUT2D eigenvalue weighted by atomic mass is 19.1. The lowest BCUT2D eigenvalue weighted by atomic mass is 9.93. The predicted molar refractivity (Wildman–Crippen MR) is 96.0 cm³/mol. The lowest BCUT2D eigenvalue weighted by Gasteiger charge is -2.34. The Hall–Kier alpha value is -1.95. The van der Waals surface area contributed by atoms with Crippen LogP contribution in [0.25, 0.3) is 0 Å². The van der Waals surface area contributed by atoms with Gasteiger partial charge in [-0.3, -0.25) is 9.59 Å². The smallest absolute Gasteiger partial charge is 0.225 e. The van der Waals surface area contributed by atoms with Crippen molar-refractivity contribution in [2.24, 2.45) is 11.8 Å². The Balaban J connectivity index is 1.37. The summed E-state index contributed by atoms with van der Waals surface area (Å²) in [5, 5.41) is 2.97. The number of nitrogens with zero attached hydrogens (tertiary/aromatic N) is 1. The third-order valence-electron chi connectivity index (χ3n) is 5.37. The van der Waals surface area contributed by atoms with Gasteiger partial charge in [-0.15, -0.1) is 0 Å². The van der Waals surface area contributed by atoms with Gasteiger partial charge in [-0.1, -0.05) is 12.1 Å². The van der Waals surface area contributed by atoms with E-state index in [1.807, 2.05) is 4.90 Å². The van der Waals surface area contributed by atoms with Gasteiger partial charge in [-0.05, 0) is 49.8 Å². The molecular formula is C20H27FN2O3. The molecule has 2 aliphatic heterocycles. The van der Waals surface area contributed by atoms with Crippen molar-refractivity contribution in [3.8, 4) is 0 Å². The first-order valence-electron chi connectivity index (χ1n) is 9.52. The third-order valence-corrected chi connectivity index (χ3v) is 5.37. The number of carbonyl (C=O) groups excluding carboxylic acids is 2. The van der Waals surface area contributed by atoms with Crippen molar-refractivity contribution in [2.75, 3.05) is 32.8 Å². The van der Waals surface area contributed by atoms with Crippen LogP contribution in [0.2, 0.25) is 0 Å². The number of piperidine rings is 1. The molecule has 1 aromatic carbocycles. The van der Waals surface area contributed by atoms with Crippen molar-refractivity contribution in [1.29, 1.82) is 0 Å². The van der Waals surface area contributed by atoms with Crippen LogP contribution in [0.15, 0.2) is 24.3 Å². The van der Waals surface area contributed by atoms with Crippen molar-refractivity contribution in [3.63, 3.8) is 0 Å². The number of rotatable bonds is 5. The SMILES string of the molecule is O=C(NCCc1ccc(F)cc1)C1CCN(C(=O)C2CCOCC2)CC1. The van der Waals surface area contributed by atoms with E-state index in [9.17, 15) is 14.0 Å². The molecule has 2 amide bonds. The molecule has 3 rings (SSSR count). The van der Waals surface area contributed by atoms with E-state index in [-0.39, 0.29) is 29.5 Å². The van der Waals surface area contributed by atoms with E-state index in [1.165, 1.54) is 12.1 Å². The van der Waals surface area contributed by atoms with Crippen LogP contribution in [0.1, 0.15) is 31.2 Å². The van der Waals surface area contributed by atoms with Crippen molar-refractivity contribution < 1.29 is 18.7 Å². The maximum absolute atomic E-state index is 12.9. The summed E-state index contributed by atoms with van der Waals surface area (Å²) < 4.78 is 18.2. The molecule has 5 nitrogen and oxygen atoms in total. The van der Waals surface area contributed by atoms with Gasteiger partial charge < -0.3 is 15.0 Å². The standard InChI is InChI=1S/C20H27FN2O3/c21-18-3-1-15(2-4-18)5-10-22-19(24)16-6-11-23(12-7-16)20(25)17-8-13-26-14-9-17/h1-4,16-17H,5-14H2,(H,22,24). The summed E-state index contributed by atoms with van der Waals surface area (Å²) in [6, 6.07) is 6.34. The fraction of sp³-hybridized carbons (Fsp3) is 0.600. The number of halogens is 1. The monoisotopic (exact) mass is 362 g/mol. The minimum atomic E-state index is -0.250. The molecule has 142 valence electrons. The predicted octanol–water partition coefficient (Wildman–Crippen LogP) is 2.15. The van der Waals surface area contributed by atoms with Crippen molar-refractivity contribution in [1.82, 2.24) is 10.2 Å². The van der Waals surface area contributed by atoms with Crippen LogP contribution in [-0.4, -0.2) is 49.6 Å². The van der Waals surface area contributed by atoms with Gasteiger partial charge in [0.25, 0.3) is 0 Å². The highest BCUT2D eigenvalue weighted by Gasteiger charge is 2.31. The Morgan fingerprint density at radius 1 is 1.04 bits per heavy atom. The third kappa shape index (κ3) is 5.04. The average Bonchev–Trinajstić information content (AvgIpc) is 2.69. The van der Waals surface area contributed by atoms with E-state index >= 15 is 0 Å². The van der Waals surface area contributed by atoms with Crippen molar-refractivity contribution in [3.05, 3.63) is 35.6 Å². The molecule has 0 atom stereocenters. The molecular weight excluding hydrogens is 335 g/mol. The fourth-order valence-electron chi connectivity index (χ4n) is 3.69. The largest absolute Gasteiger partial charge is 0.381 e. The molecule has 0 radical (unpaired) electrons. The van der Waals surface area contributed by atoms with E-state index in [2.05, 4.69) is 5.32 Å². The minimum absolute atomic E-state index is 0.0260. The van der Waals surface area contributed by atoms with E-state index in [0.29, 0.717) is 39.3 Å². The molecule has 1 aromatic rings. The Kier molecular flexibility index (Phi) is 6.61. The zero-order valence-corrected chi connectivity index (χ0v) is 15.1. The second kappa shape index (κ2) is 9.12. The molecule has 0 unspecified atom stereocenters. The number of nitrogens with one attached hydrogen (secondary N) is 1. The van der Waals surface area contributed by atoms with Crippen LogP contribution in [-0.2, 0) is 20.7 Å². The zero-order valence-electron chi connectivity index (χ0n) is 15.1. The van der Waals surface area contributed by atoms with Crippen molar-refractivity contribution in [2.45, 2.75) is 32.1 Å². The summed E-state index contributed by atoms with van der Waals surface area (Å²) in [5.74, 6) is 0.0976. The summed E-state index contributed by atoms with van der Waals surface area (Å²) >= 11 is 0. The molecule has 0 aliphatic carbocycles. The number of amides is 2. The lowest BCUT2D eigenvalue weighted by Crippen LogP contribution is -2.46. The summed E-state index contributed by atoms with van der Waals surface area (Å²) in [7, 11) is 0. The minimum Gasteiger partial charge on any atom is -0.381 e. The normalized spacial score (nSPS) is 19.3. The first-order chi connectivity index (χ1) is 12.6. The van der Waals surface area contributed by atoms with Gasteiger partial charge in [0.1, 0.15) is 5.82 Å². The average molecular weight is 362 g/mol. The summed E-state index contributed by atoms with van der Waals surface area (Å²) in [6.45, 7) is 3.21. The van der Waals surface area contributed by atoms with Crippen LogP contribution in [0.5, 0.6) is 0 Å². The highest BCUT2D eigenvalue weighted by Crippen LogP contribution is 2.23. The maximum Gasteiger partial charge on any atom is 0.225 e. The number of carbonyl (C=O) groups is 2.